The fourth-order valence-electron chi connectivity index (χ4n) is 3.63. The maximum atomic E-state index is 13.3. The zero-order chi connectivity index (χ0) is 19.4. The Bertz CT molecular complexity index is 784. The summed E-state index contributed by atoms with van der Waals surface area (Å²) in [5, 5.41) is 0. The second kappa shape index (κ2) is 8.67. The van der Waals surface area contributed by atoms with Crippen molar-refractivity contribution in [1.29, 1.82) is 0 Å². The number of ether oxygens (including phenoxy) is 1. The van der Waals surface area contributed by atoms with Crippen molar-refractivity contribution in [2.45, 2.75) is 19.3 Å². The monoisotopic (exact) mass is 390 g/mol. The van der Waals surface area contributed by atoms with Gasteiger partial charge in [-0.2, -0.15) is 0 Å². The fourth-order valence-corrected chi connectivity index (χ4v) is 3.77. The van der Waals surface area contributed by atoms with Crippen LogP contribution in [-0.2, 0) is 9.53 Å². The summed E-state index contributed by atoms with van der Waals surface area (Å²) < 4.78 is 5.10. The number of amides is 1. The molecule has 1 aliphatic carbocycles. The van der Waals surface area contributed by atoms with E-state index in [4.69, 9.17) is 16.3 Å². The lowest BCUT2D eigenvalue weighted by Crippen LogP contribution is -2.45. The molecule has 0 bridgehead atoms. The van der Waals surface area contributed by atoms with Gasteiger partial charge in [0.05, 0.1) is 6.61 Å². The maximum absolute atomic E-state index is 13.3. The number of methoxy groups -OCH3 is 1. The molecule has 27 heavy (non-hydrogen) atoms. The van der Waals surface area contributed by atoms with Crippen molar-refractivity contribution in [3.8, 4) is 0 Å². The predicted molar refractivity (Wildman–Crippen MR) is 102 cm³/mol. The first-order valence-electron chi connectivity index (χ1n) is 9.13. The first kappa shape index (κ1) is 19.6. The molecule has 0 unspecified atom stereocenters. The van der Waals surface area contributed by atoms with E-state index in [9.17, 15) is 14.4 Å². The molecule has 1 heterocycles. The topological polar surface area (TPSA) is 66.9 Å². The predicted octanol–water partition coefficient (Wildman–Crippen LogP) is 2.48. The first-order valence-corrected chi connectivity index (χ1v) is 9.66. The number of nitrogens with zero attached hydrogens (tertiary/aromatic N) is 2. The highest BCUT2D eigenvalue weighted by Crippen LogP contribution is 2.32. The van der Waals surface area contributed by atoms with E-state index < -0.39 is 5.91 Å². The number of rotatable bonds is 6. The molecule has 6 nitrogen and oxygen atoms in total. The van der Waals surface area contributed by atoms with Gasteiger partial charge in [-0.3, -0.25) is 14.4 Å². The normalized spacial score (nSPS) is 17.2. The molecule has 1 amide bonds. The van der Waals surface area contributed by atoms with Gasteiger partial charge >= 0.3 is 0 Å². The molecule has 1 aromatic rings. The summed E-state index contributed by atoms with van der Waals surface area (Å²) >= 11 is 5.80. The molecular formula is C20H23ClN2O4. The van der Waals surface area contributed by atoms with Crippen LogP contribution in [0.2, 0.25) is 0 Å². The van der Waals surface area contributed by atoms with Crippen molar-refractivity contribution in [1.82, 2.24) is 9.80 Å². The summed E-state index contributed by atoms with van der Waals surface area (Å²) in [4.78, 5) is 42.4. The molecule has 1 aliphatic heterocycles. The third-order valence-corrected chi connectivity index (χ3v) is 5.18. The Hall–Kier alpha value is -2.18. The number of allylic oxidation sites excluding steroid dienone is 2. The molecule has 3 rings (SSSR count). The molecule has 0 aromatic heterocycles. The second-order valence-corrected chi connectivity index (χ2v) is 6.89. The third kappa shape index (κ3) is 3.77. The number of benzene rings is 1. The molecular weight excluding hydrogens is 368 g/mol. The van der Waals surface area contributed by atoms with Crippen LogP contribution >= 0.6 is 11.6 Å². The molecule has 1 fully saturated rings. The van der Waals surface area contributed by atoms with Gasteiger partial charge in [0.15, 0.2) is 0 Å². The molecule has 0 spiro atoms. The van der Waals surface area contributed by atoms with Crippen LogP contribution in [-0.4, -0.2) is 66.5 Å². The SMILES string of the molecule is COCCN(C(=O)CCl)C1=C(N2CCCCC2)C(=O)c2ccccc2C1=O. The van der Waals surface area contributed by atoms with Crippen LogP contribution < -0.4 is 0 Å². The van der Waals surface area contributed by atoms with Crippen LogP contribution in [0.1, 0.15) is 40.0 Å². The number of halogens is 1. The van der Waals surface area contributed by atoms with Crippen LogP contribution in [0.4, 0.5) is 0 Å². The number of hydrogen-bond donors (Lipinski definition) is 0. The Balaban J connectivity index is 2.16. The number of ketones is 2. The van der Waals surface area contributed by atoms with Gasteiger partial charge in [-0.1, -0.05) is 24.3 Å². The number of Topliss-reactive ketones (excluding diaryl/α,β-unsaturated/α-hetero) is 2. The molecule has 7 heteroatoms. The van der Waals surface area contributed by atoms with Crippen LogP contribution in [0.3, 0.4) is 0 Å². The van der Waals surface area contributed by atoms with E-state index in [-0.39, 0.29) is 36.3 Å². The molecule has 144 valence electrons. The van der Waals surface area contributed by atoms with E-state index in [1.807, 2.05) is 4.90 Å². The van der Waals surface area contributed by atoms with Gasteiger partial charge in [-0.05, 0) is 19.3 Å². The van der Waals surface area contributed by atoms with E-state index in [0.717, 1.165) is 19.3 Å². The maximum Gasteiger partial charge on any atom is 0.242 e. The minimum atomic E-state index is -0.418. The number of likely N-dealkylation sites (tertiary alicyclic amines) is 1. The summed E-state index contributed by atoms with van der Waals surface area (Å²) in [5.41, 5.74) is 1.15. The highest BCUT2D eigenvalue weighted by atomic mass is 35.5. The molecule has 1 saturated heterocycles. The van der Waals surface area contributed by atoms with Gasteiger partial charge in [0, 0.05) is 37.9 Å². The Morgan fingerprint density at radius 2 is 1.74 bits per heavy atom. The largest absolute Gasteiger partial charge is 0.383 e. The van der Waals surface area contributed by atoms with Crippen LogP contribution in [0.25, 0.3) is 0 Å². The number of hydrogen-bond acceptors (Lipinski definition) is 5. The number of alkyl halides is 1. The van der Waals surface area contributed by atoms with Gasteiger partial charge in [0.25, 0.3) is 0 Å². The molecule has 0 atom stereocenters. The summed E-state index contributed by atoms with van der Waals surface area (Å²) in [7, 11) is 1.52. The third-order valence-electron chi connectivity index (χ3n) is 4.95. The molecule has 1 aromatic carbocycles. The minimum absolute atomic E-state index is 0.128. The highest BCUT2D eigenvalue weighted by Gasteiger charge is 2.39. The highest BCUT2D eigenvalue weighted by molar-refractivity contribution is 6.30. The van der Waals surface area contributed by atoms with Gasteiger partial charge in [-0.15, -0.1) is 11.6 Å². The van der Waals surface area contributed by atoms with E-state index in [1.54, 1.807) is 24.3 Å². The van der Waals surface area contributed by atoms with Crippen LogP contribution in [0.5, 0.6) is 0 Å². The van der Waals surface area contributed by atoms with E-state index >= 15 is 0 Å². The van der Waals surface area contributed by atoms with Gasteiger partial charge in [0.1, 0.15) is 17.3 Å². The standard InChI is InChI=1S/C20H23ClN2O4/c1-27-12-11-23(16(24)13-21)18-17(22-9-5-2-6-10-22)19(25)14-7-3-4-8-15(14)20(18)26/h3-4,7-8H,2,5-6,9-13H2,1H3. The summed E-state index contributed by atoms with van der Waals surface area (Å²) in [6.07, 6.45) is 2.98. The zero-order valence-electron chi connectivity index (χ0n) is 15.4. The quantitative estimate of drug-likeness (QED) is 0.698. The average molecular weight is 391 g/mol. The van der Waals surface area contributed by atoms with Crippen molar-refractivity contribution in [2.75, 3.05) is 39.2 Å². The van der Waals surface area contributed by atoms with Crippen molar-refractivity contribution < 1.29 is 19.1 Å². The van der Waals surface area contributed by atoms with Crippen molar-refractivity contribution >= 4 is 29.1 Å². The van der Waals surface area contributed by atoms with E-state index in [1.165, 1.54) is 12.0 Å². The van der Waals surface area contributed by atoms with E-state index in [2.05, 4.69) is 0 Å². The summed E-state index contributed by atoms with van der Waals surface area (Å²) in [6.45, 7) is 1.78. The van der Waals surface area contributed by atoms with Crippen LogP contribution in [0.15, 0.2) is 35.7 Å². The zero-order valence-corrected chi connectivity index (χ0v) is 16.1. The lowest BCUT2D eigenvalue weighted by atomic mass is 9.88. The number of carbonyl (C=O) groups is 3. The van der Waals surface area contributed by atoms with Crippen molar-refractivity contribution in [2.24, 2.45) is 0 Å². The van der Waals surface area contributed by atoms with Gasteiger partial charge < -0.3 is 14.5 Å². The van der Waals surface area contributed by atoms with Gasteiger partial charge in [-0.25, -0.2) is 0 Å². The first-order chi connectivity index (χ1) is 13.1. The van der Waals surface area contributed by atoms with Crippen molar-refractivity contribution in [3.05, 3.63) is 46.8 Å². The summed E-state index contributed by atoms with van der Waals surface area (Å²) in [5.74, 6) is -1.23. The Morgan fingerprint density at radius 3 is 2.33 bits per heavy atom. The lowest BCUT2D eigenvalue weighted by molar-refractivity contribution is -0.127. The second-order valence-electron chi connectivity index (χ2n) is 6.62. The summed E-state index contributed by atoms with van der Waals surface area (Å²) in [6, 6.07) is 6.76. The number of fused-ring (bicyclic) bond motifs is 1. The molecule has 0 N–H and O–H groups in total. The lowest BCUT2D eigenvalue weighted by Gasteiger charge is -2.36. The van der Waals surface area contributed by atoms with Gasteiger partial charge in [0.2, 0.25) is 17.5 Å². The molecule has 0 radical (unpaired) electrons. The Labute approximate surface area is 163 Å². The smallest absolute Gasteiger partial charge is 0.242 e. The average Bonchev–Trinajstić information content (AvgIpc) is 2.72. The fraction of sp³-hybridized carbons (Fsp3) is 0.450. The van der Waals surface area contributed by atoms with E-state index in [0.29, 0.717) is 29.9 Å². The molecule has 2 aliphatic rings. The Kier molecular flexibility index (Phi) is 6.29. The molecule has 0 saturated carbocycles. The minimum Gasteiger partial charge on any atom is -0.383 e. The Morgan fingerprint density at radius 1 is 1.11 bits per heavy atom. The van der Waals surface area contributed by atoms with Crippen LogP contribution in [0, 0.1) is 0 Å². The van der Waals surface area contributed by atoms with Crippen molar-refractivity contribution in [3.63, 3.8) is 0 Å². The number of piperidine rings is 1. The number of carbonyl (C=O) groups excluding carboxylic acids is 3.